The Morgan fingerprint density at radius 3 is 2.54 bits per heavy atom. The lowest BCUT2D eigenvalue weighted by Gasteiger charge is -2.08. The van der Waals surface area contributed by atoms with Crippen molar-refractivity contribution in [2.24, 2.45) is 0 Å². The quantitative estimate of drug-likeness (QED) is 0.644. The number of halogens is 1. The van der Waals surface area contributed by atoms with E-state index in [-0.39, 0.29) is 12.3 Å². The molecule has 0 aliphatic heterocycles. The lowest BCUT2D eigenvalue weighted by atomic mass is 10.1. The number of rotatable bonds is 5. The summed E-state index contributed by atoms with van der Waals surface area (Å²) in [6.45, 7) is 0. The normalized spacial score (nSPS) is 10.8. The van der Waals surface area contributed by atoms with Gasteiger partial charge in [-0.25, -0.2) is 15.0 Å². The molecule has 2 aromatic heterocycles. The summed E-state index contributed by atoms with van der Waals surface area (Å²) < 4.78 is 5.84. The van der Waals surface area contributed by atoms with Gasteiger partial charge in [-0.3, -0.25) is 4.79 Å². The first-order valence-electron chi connectivity index (χ1n) is 7.55. The standard InChI is InChI=1S/C17H15ClN4O3S/c1-22(2)17-19-7-10(8-20-17)16-21-12(6-14(23)24)15(25-16)9-3-4-11(18)13(26)5-9/h3-5,7-8,26H,6H2,1-2H3,(H,23,24). The maximum absolute atomic E-state index is 11.2. The molecular formula is C17H15ClN4O3S. The van der Waals surface area contributed by atoms with Gasteiger partial charge in [0.2, 0.25) is 11.8 Å². The zero-order valence-corrected chi connectivity index (χ0v) is 15.6. The minimum atomic E-state index is -1.01. The Bertz CT molecular complexity index is 957. The fraction of sp³-hybridized carbons (Fsp3) is 0.176. The highest BCUT2D eigenvalue weighted by Crippen LogP contribution is 2.33. The van der Waals surface area contributed by atoms with E-state index in [9.17, 15) is 4.79 Å². The second kappa shape index (κ2) is 7.35. The Hall–Kier alpha value is -2.58. The van der Waals surface area contributed by atoms with E-state index >= 15 is 0 Å². The van der Waals surface area contributed by atoms with E-state index in [1.165, 1.54) is 0 Å². The number of aromatic nitrogens is 3. The summed E-state index contributed by atoms with van der Waals surface area (Å²) in [6, 6.07) is 5.09. The van der Waals surface area contributed by atoms with Gasteiger partial charge in [-0.15, -0.1) is 12.6 Å². The molecule has 0 amide bonds. The molecule has 26 heavy (non-hydrogen) atoms. The average molecular weight is 391 g/mol. The molecule has 0 aliphatic carbocycles. The van der Waals surface area contributed by atoms with Crippen molar-refractivity contribution in [2.45, 2.75) is 11.3 Å². The second-order valence-corrected chi connectivity index (χ2v) is 6.59. The summed E-state index contributed by atoms with van der Waals surface area (Å²) >= 11 is 10.3. The van der Waals surface area contributed by atoms with Crippen LogP contribution in [0, 0.1) is 0 Å². The number of nitrogens with zero attached hydrogens (tertiary/aromatic N) is 4. The second-order valence-electron chi connectivity index (χ2n) is 5.70. The topological polar surface area (TPSA) is 92.4 Å². The smallest absolute Gasteiger partial charge is 0.309 e. The highest BCUT2D eigenvalue weighted by Gasteiger charge is 2.20. The zero-order chi connectivity index (χ0) is 18.8. The van der Waals surface area contributed by atoms with Crippen LogP contribution in [-0.4, -0.2) is 40.1 Å². The summed E-state index contributed by atoms with van der Waals surface area (Å²) in [5.41, 5.74) is 1.49. The molecule has 2 heterocycles. The van der Waals surface area contributed by atoms with Crippen LogP contribution < -0.4 is 4.90 Å². The van der Waals surface area contributed by atoms with Gasteiger partial charge >= 0.3 is 5.97 Å². The van der Waals surface area contributed by atoms with Crippen molar-refractivity contribution in [2.75, 3.05) is 19.0 Å². The van der Waals surface area contributed by atoms with Crippen LogP contribution in [0.1, 0.15) is 5.69 Å². The van der Waals surface area contributed by atoms with Gasteiger partial charge in [-0.05, 0) is 18.2 Å². The molecule has 1 aromatic carbocycles. The van der Waals surface area contributed by atoms with Crippen molar-refractivity contribution < 1.29 is 14.3 Å². The Morgan fingerprint density at radius 1 is 1.27 bits per heavy atom. The first-order chi connectivity index (χ1) is 12.3. The number of anilines is 1. The maximum Gasteiger partial charge on any atom is 0.309 e. The van der Waals surface area contributed by atoms with Gasteiger partial charge in [-0.1, -0.05) is 11.6 Å². The van der Waals surface area contributed by atoms with Crippen LogP contribution in [0.15, 0.2) is 39.9 Å². The number of aliphatic carboxylic acids is 1. The largest absolute Gasteiger partial charge is 0.481 e. The van der Waals surface area contributed by atoms with Crippen LogP contribution in [0.4, 0.5) is 5.95 Å². The highest BCUT2D eigenvalue weighted by atomic mass is 35.5. The summed E-state index contributed by atoms with van der Waals surface area (Å²) in [5, 5.41) is 9.66. The molecule has 0 fully saturated rings. The summed E-state index contributed by atoms with van der Waals surface area (Å²) in [4.78, 5) is 26.3. The molecule has 0 saturated carbocycles. The molecule has 9 heteroatoms. The number of hydrogen-bond donors (Lipinski definition) is 2. The Morgan fingerprint density at radius 2 is 1.96 bits per heavy atom. The minimum Gasteiger partial charge on any atom is -0.481 e. The average Bonchev–Trinajstić information content (AvgIpc) is 3.00. The summed E-state index contributed by atoms with van der Waals surface area (Å²) in [7, 11) is 3.66. The van der Waals surface area contributed by atoms with Crippen molar-refractivity contribution in [3.8, 4) is 22.8 Å². The third kappa shape index (κ3) is 3.81. The maximum atomic E-state index is 11.2. The van der Waals surface area contributed by atoms with Crippen LogP contribution >= 0.6 is 24.2 Å². The molecule has 3 rings (SSSR count). The van der Waals surface area contributed by atoms with Crippen LogP contribution in [0.3, 0.4) is 0 Å². The van der Waals surface area contributed by atoms with Gasteiger partial charge in [-0.2, -0.15) is 0 Å². The predicted octanol–water partition coefficient (Wildman–Crippen LogP) is 3.43. The third-order valence-corrected chi connectivity index (χ3v) is 4.34. The number of thiol groups is 1. The fourth-order valence-electron chi connectivity index (χ4n) is 2.28. The molecule has 0 spiro atoms. The van der Waals surface area contributed by atoms with Crippen molar-refractivity contribution in [1.29, 1.82) is 0 Å². The van der Waals surface area contributed by atoms with Crippen molar-refractivity contribution >= 4 is 36.1 Å². The number of carboxylic acids is 1. The number of oxazole rings is 1. The van der Waals surface area contributed by atoms with Crippen molar-refractivity contribution in [1.82, 2.24) is 15.0 Å². The lowest BCUT2D eigenvalue weighted by Crippen LogP contribution is -2.12. The van der Waals surface area contributed by atoms with Gasteiger partial charge in [0.15, 0.2) is 5.76 Å². The summed E-state index contributed by atoms with van der Waals surface area (Å²) in [6.07, 6.45) is 2.88. The highest BCUT2D eigenvalue weighted by molar-refractivity contribution is 7.80. The molecule has 0 unspecified atom stereocenters. The lowest BCUT2D eigenvalue weighted by molar-refractivity contribution is -0.136. The molecule has 7 nitrogen and oxygen atoms in total. The van der Waals surface area contributed by atoms with E-state index in [0.717, 1.165) is 0 Å². The molecular weight excluding hydrogens is 376 g/mol. The minimum absolute atomic E-state index is 0.247. The Kier molecular flexibility index (Phi) is 5.15. The first kappa shape index (κ1) is 18.2. The third-order valence-electron chi connectivity index (χ3n) is 3.51. The number of carboxylic acid groups (broad SMARTS) is 1. The number of carbonyl (C=O) groups is 1. The predicted molar refractivity (Wildman–Crippen MR) is 101 cm³/mol. The van der Waals surface area contributed by atoms with E-state index in [2.05, 4.69) is 27.6 Å². The van der Waals surface area contributed by atoms with E-state index in [4.69, 9.17) is 21.1 Å². The monoisotopic (exact) mass is 390 g/mol. The van der Waals surface area contributed by atoms with Gasteiger partial charge in [0.05, 0.1) is 22.7 Å². The molecule has 0 saturated heterocycles. The molecule has 0 aliphatic rings. The Labute approximate surface area is 160 Å². The van der Waals surface area contributed by atoms with Crippen molar-refractivity contribution in [3.05, 3.63) is 41.3 Å². The number of hydrogen-bond acceptors (Lipinski definition) is 7. The summed E-state index contributed by atoms with van der Waals surface area (Å²) in [5.74, 6) is 0.136. The van der Waals surface area contributed by atoms with Crippen molar-refractivity contribution in [3.63, 3.8) is 0 Å². The van der Waals surface area contributed by atoms with Crippen LogP contribution in [0.25, 0.3) is 22.8 Å². The molecule has 134 valence electrons. The van der Waals surface area contributed by atoms with E-state index < -0.39 is 5.97 Å². The van der Waals surface area contributed by atoms with Gasteiger partial charge < -0.3 is 14.4 Å². The zero-order valence-electron chi connectivity index (χ0n) is 14.0. The van der Waals surface area contributed by atoms with E-state index in [1.807, 2.05) is 14.1 Å². The molecule has 3 aromatic rings. The first-order valence-corrected chi connectivity index (χ1v) is 8.38. The van der Waals surface area contributed by atoms with E-state index in [1.54, 1.807) is 35.5 Å². The SMILES string of the molecule is CN(C)c1ncc(-c2nc(CC(=O)O)c(-c3ccc(Cl)c(S)c3)o2)cn1. The van der Waals surface area contributed by atoms with Crippen LogP contribution in [-0.2, 0) is 11.2 Å². The van der Waals surface area contributed by atoms with Gasteiger partial charge in [0.25, 0.3) is 0 Å². The van der Waals surface area contributed by atoms with Gasteiger partial charge in [0, 0.05) is 36.9 Å². The molecule has 1 N–H and O–H groups in total. The van der Waals surface area contributed by atoms with Crippen LogP contribution in [0.5, 0.6) is 0 Å². The number of benzene rings is 1. The molecule has 0 atom stereocenters. The van der Waals surface area contributed by atoms with Crippen LogP contribution in [0.2, 0.25) is 5.02 Å². The molecule has 0 bridgehead atoms. The fourth-order valence-corrected chi connectivity index (χ4v) is 2.61. The van der Waals surface area contributed by atoms with Gasteiger partial charge in [0.1, 0.15) is 0 Å². The Balaban J connectivity index is 2.06. The molecule has 0 radical (unpaired) electrons. The van der Waals surface area contributed by atoms with E-state index in [0.29, 0.717) is 38.4 Å².